The molecule has 2 fully saturated rings. The van der Waals surface area contributed by atoms with Crippen LogP contribution in [0.15, 0.2) is 16.9 Å². The van der Waals surface area contributed by atoms with Gasteiger partial charge in [-0.3, -0.25) is 14.6 Å². The van der Waals surface area contributed by atoms with Crippen molar-refractivity contribution in [1.29, 1.82) is 0 Å². The van der Waals surface area contributed by atoms with Gasteiger partial charge in [-0.25, -0.2) is 4.39 Å². The standard InChI is InChI=1S/C27H36FN7O2/c1-16-14-35(15-17(2)29-16)18-12-20(28)22-21(13-18)33(4)25(37)27(22)7-10-34(11-8-27)26-30-23-19(24(36)31-26)6-5-9-32(23)3/h12-13,16-17,29H,5-11,14-15H2,1-4H3,(H,30,31,36)/t16-,17+. The van der Waals surface area contributed by atoms with Crippen LogP contribution in [-0.2, 0) is 16.6 Å². The first-order valence-corrected chi connectivity index (χ1v) is 13.4. The van der Waals surface area contributed by atoms with Gasteiger partial charge in [0.2, 0.25) is 11.9 Å². The normalized spacial score (nSPS) is 25.1. The Labute approximate surface area is 216 Å². The zero-order valence-electron chi connectivity index (χ0n) is 22.1. The molecule has 9 nitrogen and oxygen atoms in total. The molecule has 1 aromatic heterocycles. The largest absolute Gasteiger partial charge is 0.368 e. The van der Waals surface area contributed by atoms with E-state index in [1.165, 1.54) is 0 Å². The van der Waals surface area contributed by atoms with Crippen molar-refractivity contribution in [3.8, 4) is 0 Å². The molecule has 1 aromatic carbocycles. The van der Waals surface area contributed by atoms with Gasteiger partial charge < -0.3 is 24.9 Å². The maximum absolute atomic E-state index is 15.9. The molecular formula is C27H36FN7O2. The molecule has 0 bridgehead atoms. The Hall–Kier alpha value is -3.14. The van der Waals surface area contributed by atoms with Crippen LogP contribution in [0, 0.1) is 5.82 Å². The van der Waals surface area contributed by atoms with Crippen LogP contribution in [-0.4, -0.2) is 74.8 Å². The monoisotopic (exact) mass is 509 g/mol. The van der Waals surface area contributed by atoms with E-state index in [1.807, 2.05) is 22.9 Å². The van der Waals surface area contributed by atoms with Crippen LogP contribution in [0.25, 0.3) is 0 Å². The first kappa shape index (κ1) is 24.2. The van der Waals surface area contributed by atoms with E-state index in [1.54, 1.807) is 18.0 Å². The number of rotatable bonds is 2. The second-order valence-corrected chi connectivity index (χ2v) is 11.3. The minimum atomic E-state index is -0.890. The second kappa shape index (κ2) is 8.72. The summed E-state index contributed by atoms with van der Waals surface area (Å²) in [5.41, 5.74) is 1.77. The molecule has 198 valence electrons. The molecule has 0 radical (unpaired) electrons. The first-order valence-electron chi connectivity index (χ1n) is 13.4. The zero-order chi connectivity index (χ0) is 26.1. The number of aromatic amines is 1. The number of fused-ring (bicyclic) bond motifs is 3. The summed E-state index contributed by atoms with van der Waals surface area (Å²) in [5, 5.41) is 3.51. The van der Waals surface area contributed by atoms with E-state index in [2.05, 4.69) is 29.0 Å². The van der Waals surface area contributed by atoms with Crippen molar-refractivity contribution in [3.63, 3.8) is 0 Å². The Balaban J connectivity index is 1.29. The quantitative estimate of drug-likeness (QED) is 0.640. The summed E-state index contributed by atoms with van der Waals surface area (Å²) in [6.07, 6.45) is 2.61. The maximum atomic E-state index is 15.9. The molecule has 2 atom stereocenters. The summed E-state index contributed by atoms with van der Waals surface area (Å²) in [6, 6.07) is 4.21. The fourth-order valence-electron chi connectivity index (χ4n) is 6.90. The number of carbonyl (C=O) groups is 1. The molecule has 0 saturated carbocycles. The highest BCUT2D eigenvalue weighted by atomic mass is 19.1. The highest BCUT2D eigenvalue weighted by Crippen LogP contribution is 2.50. The number of anilines is 4. The van der Waals surface area contributed by atoms with Crippen LogP contribution in [0.3, 0.4) is 0 Å². The summed E-state index contributed by atoms with van der Waals surface area (Å²) >= 11 is 0. The molecule has 2 aromatic rings. The number of nitrogens with zero attached hydrogens (tertiary/aromatic N) is 5. The lowest BCUT2D eigenvalue weighted by atomic mass is 9.73. The van der Waals surface area contributed by atoms with Gasteiger partial charge in [-0.2, -0.15) is 4.98 Å². The molecule has 10 heteroatoms. The molecule has 0 aliphatic carbocycles. The summed E-state index contributed by atoms with van der Waals surface area (Å²) in [4.78, 5) is 42.1. The minimum absolute atomic E-state index is 0.0492. The summed E-state index contributed by atoms with van der Waals surface area (Å²) in [5.74, 6) is 0.915. The third-order valence-electron chi connectivity index (χ3n) is 8.71. The van der Waals surface area contributed by atoms with Gasteiger partial charge in [0.15, 0.2) is 0 Å². The number of hydrogen-bond acceptors (Lipinski definition) is 7. The molecule has 0 unspecified atom stereocenters. The molecule has 1 spiro atoms. The SMILES string of the molecule is C[C@@H]1CN(c2cc(F)c3c(c2)N(C)C(=O)C32CCN(c3nc4c(c(=O)[nH]3)CCCN4C)CC2)C[C@H](C)N1. The number of nitrogens with one attached hydrogen (secondary N) is 2. The fourth-order valence-corrected chi connectivity index (χ4v) is 6.90. The van der Waals surface area contributed by atoms with Crippen molar-refractivity contribution in [2.75, 3.05) is 66.4 Å². The number of piperidine rings is 1. The molecule has 4 aliphatic rings. The Morgan fingerprint density at radius 3 is 2.43 bits per heavy atom. The Bertz CT molecular complexity index is 1290. The van der Waals surface area contributed by atoms with Crippen LogP contribution < -0.4 is 30.5 Å². The van der Waals surface area contributed by atoms with Crippen molar-refractivity contribution in [3.05, 3.63) is 39.4 Å². The number of aromatic nitrogens is 2. The molecule has 2 N–H and O–H groups in total. The summed E-state index contributed by atoms with van der Waals surface area (Å²) in [6.45, 7) is 7.75. The third-order valence-corrected chi connectivity index (χ3v) is 8.71. The molecule has 5 heterocycles. The van der Waals surface area contributed by atoms with E-state index in [9.17, 15) is 9.59 Å². The van der Waals surface area contributed by atoms with E-state index >= 15 is 4.39 Å². The average molecular weight is 510 g/mol. The summed E-state index contributed by atoms with van der Waals surface area (Å²) in [7, 11) is 3.72. The number of benzene rings is 1. The average Bonchev–Trinajstić information content (AvgIpc) is 3.06. The van der Waals surface area contributed by atoms with Gasteiger partial charge >= 0.3 is 0 Å². The summed E-state index contributed by atoms with van der Waals surface area (Å²) < 4.78 is 15.9. The number of piperazine rings is 1. The van der Waals surface area contributed by atoms with Gasteiger partial charge in [-0.05, 0) is 51.7 Å². The Morgan fingerprint density at radius 1 is 1.03 bits per heavy atom. The molecule has 2 saturated heterocycles. The predicted octanol–water partition coefficient (Wildman–Crippen LogP) is 1.99. The topological polar surface area (TPSA) is 87.8 Å². The van der Waals surface area contributed by atoms with Crippen molar-refractivity contribution in [2.45, 2.75) is 57.0 Å². The lowest BCUT2D eigenvalue weighted by Crippen LogP contribution is -2.54. The third kappa shape index (κ3) is 3.79. The van der Waals surface area contributed by atoms with Crippen molar-refractivity contribution in [2.24, 2.45) is 0 Å². The Kier molecular flexibility index (Phi) is 5.70. The fraction of sp³-hybridized carbons (Fsp3) is 0.593. The lowest BCUT2D eigenvalue weighted by molar-refractivity contribution is -0.123. The van der Waals surface area contributed by atoms with Crippen LogP contribution in [0.2, 0.25) is 0 Å². The highest BCUT2D eigenvalue weighted by Gasteiger charge is 2.53. The van der Waals surface area contributed by atoms with E-state index in [-0.39, 0.29) is 17.3 Å². The lowest BCUT2D eigenvalue weighted by Gasteiger charge is -2.39. The number of H-pyrrole nitrogens is 1. The number of amides is 1. The van der Waals surface area contributed by atoms with E-state index in [0.29, 0.717) is 55.2 Å². The second-order valence-electron chi connectivity index (χ2n) is 11.3. The van der Waals surface area contributed by atoms with Crippen LogP contribution in [0.4, 0.5) is 27.5 Å². The van der Waals surface area contributed by atoms with Gasteiger partial charge in [0.25, 0.3) is 5.56 Å². The molecule has 1 amide bonds. The first-order chi connectivity index (χ1) is 17.7. The zero-order valence-corrected chi connectivity index (χ0v) is 22.1. The van der Waals surface area contributed by atoms with Crippen molar-refractivity contribution < 1.29 is 9.18 Å². The molecular weight excluding hydrogens is 473 g/mol. The predicted molar refractivity (Wildman–Crippen MR) is 144 cm³/mol. The number of likely N-dealkylation sites (N-methyl/N-ethyl adjacent to an activating group) is 1. The molecule has 37 heavy (non-hydrogen) atoms. The van der Waals surface area contributed by atoms with Crippen LogP contribution in [0.5, 0.6) is 0 Å². The number of halogens is 1. The molecule has 6 rings (SSSR count). The maximum Gasteiger partial charge on any atom is 0.257 e. The van der Waals surface area contributed by atoms with Crippen LogP contribution in [0.1, 0.15) is 44.2 Å². The smallest absolute Gasteiger partial charge is 0.257 e. The van der Waals surface area contributed by atoms with Crippen LogP contribution >= 0.6 is 0 Å². The van der Waals surface area contributed by atoms with Gasteiger partial charge in [-0.15, -0.1) is 0 Å². The number of hydrogen-bond donors (Lipinski definition) is 2. The van der Waals surface area contributed by atoms with E-state index in [0.717, 1.165) is 49.5 Å². The minimum Gasteiger partial charge on any atom is -0.368 e. The van der Waals surface area contributed by atoms with Crippen molar-refractivity contribution in [1.82, 2.24) is 15.3 Å². The highest BCUT2D eigenvalue weighted by molar-refractivity contribution is 6.08. The van der Waals surface area contributed by atoms with E-state index in [4.69, 9.17) is 4.98 Å². The van der Waals surface area contributed by atoms with Gasteiger partial charge in [0, 0.05) is 70.2 Å². The number of carbonyl (C=O) groups excluding carboxylic acids is 1. The van der Waals surface area contributed by atoms with E-state index < -0.39 is 5.41 Å². The van der Waals surface area contributed by atoms with Gasteiger partial charge in [0.1, 0.15) is 11.6 Å². The Morgan fingerprint density at radius 2 is 1.73 bits per heavy atom. The van der Waals surface area contributed by atoms with Gasteiger partial charge in [-0.1, -0.05) is 0 Å². The van der Waals surface area contributed by atoms with Gasteiger partial charge in [0.05, 0.1) is 16.7 Å². The van der Waals surface area contributed by atoms with Crippen molar-refractivity contribution >= 4 is 29.0 Å². The molecule has 4 aliphatic heterocycles.